The first-order chi connectivity index (χ1) is 7.29. The van der Waals surface area contributed by atoms with Gasteiger partial charge in [-0.1, -0.05) is 6.92 Å². The first-order valence-electron chi connectivity index (χ1n) is 5.35. The predicted molar refractivity (Wildman–Crippen MR) is 56.7 cm³/mol. The lowest BCUT2D eigenvalue weighted by Gasteiger charge is -2.08. The molecule has 1 aliphatic rings. The molecule has 1 aromatic heterocycles. The van der Waals surface area contributed by atoms with Gasteiger partial charge in [0.2, 0.25) is 0 Å². The highest BCUT2D eigenvalue weighted by atomic mass is 16.2. The minimum absolute atomic E-state index is 0.0837. The van der Waals surface area contributed by atoms with E-state index in [0.717, 1.165) is 31.6 Å². The third kappa shape index (κ3) is 2.36. The monoisotopic (exact) mass is 208 g/mol. The third-order valence-electron chi connectivity index (χ3n) is 2.64. The van der Waals surface area contributed by atoms with Crippen LogP contribution in [-0.4, -0.2) is 35.2 Å². The van der Waals surface area contributed by atoms with Crippen LogP contribution in [0.3, 0.4) is 0 Å². The largest absolute Gasteiger partial charge is 0.347 e. The summed E-state index contributed by atoms with van der Waals surface area (Å²) in [6.45, 7) is 3.86. The molecule has 0 saturated carbocycles. The molecule has 1 fully saturated rings. The van der Waals surface area contributed by atoms with Crippen LogP contribution in [-0.2, 0) is 6.42 Å². The van der Waals surface area contributed by atoms with E-state index >= 15 is 0 Å². The number of H-pyrrole nitrogens is 1. The van der Waals surface area contributed by atoms with E-state index < -0.39 is 0 Å². The van der Waals surface area contributed by atoms with Gasteiger partial charge in [-0.2, -0.15) is 5.10 Å². The fourth-order valence-corrected chi connectivity index (χ4v) is 1.70. The van der Waals surface area contributed by atoms with Crippen LogP contribution in [0.15, 0.2) is 6.07 Å². The fraction of sp³-hybridized carbons (Fsp3) is 0.600. The molecule has 1 aromatic rings. The summed E-state index contributed by atoms with van der Waals surface area (Å²) in [5.41, 5.74) is 1.48. The summed E-state index contributed by atoms with van der Waals surface area (Å²) in [5.74, 6) is -0.0837. The quantitative estimate of drug-likeness (QED) is 0.658. The van der Waals surface area contributed by atoms with Crippen molar-refractivity contribution in [2.45, 2.75) is 25.8 Å². The van der Waals surface area contributed by atoms with E-state index in [0.29, 0.717) is 5.69 Å². The van der Waals surface area contributed by atoms with Gasteiger partial charge in [-0.3, -0.25) is 9.89 Å². The number of aromatic amines is 1. The molecule has 5 heteroatoms. The minimum Gasteiger partial charge on any atom is -0.347 e. The predicted octanol–water partition coefficient (Wildman–Crippen LogP) is 0.0638. The molecule has 1 unspecified atom stereocenters. The van der Waals surface area contributed by atoms with Crippen molar-refractivity contribution in [1.29, 1.82) is 0 Å². The number of hydrogen-bond donors (Lipinski definition) is 3. The maximum atomic E-state index is 11.7. The van der Waals surface area contributed by atoms with Crippen molar-refractivity contribution >= 4 is 5.91 Å². The van der Waals surface area contributed by atoms with Crippen molar-refractivity contribution in [2.75, 3.05) is 13.1 Å². The fourth-order valence-electron chi connectivity index (χ4n) is 1.70. The molecular weight excluding hydrogens is 192 g/mol. The van der Waals surface area contributed by atoms with Crippen molar-refractivity contribution in [3.05, 3.63) is 17.5 Å². The Bertz CT molecular complexity index is 341. The summed E-state index contributed by atoms with van der Waals surface area (Å²) in [7, 11) is 0. The summed E-state index contributed by atoms with van der Waals surface area (Å²) in [6, 6.07) is 2.05. The van der Waals surface area contributed by atoms with Gasteiger partial charge in [-0.25, -0.2) is 0 Å². The van der Waals surface area contributed by atoms with Crippen LogP contribution < -0.4 is 10.6 Å². The summed E-state index contributed by atoms with van der Waals surface area (Å²) in [4.78, 5) is 11.7. The second kappa shape index (κ2) is 4.44. The van der Waals surface area contributed by atoms with Gasteiger partial charge < -0.3 is 10.6 Å². The molecule has 15 heavy (non-hydrogen) atoms. The van der Waals surface area contributed by atoms with Gasteiger partial charge in [0.25, 0.3) is 5.91 Å². The summed E-state index contributed by atoms with van der Waals surface area (Å²) in [5, 5.41) is 13.0. The maximum Gasteiger partial charge on any atom is 0.272 e. The van der Waals surface area contributed by atoms with Crippen LogP contribution in [0.1, 0.15) is 29.5 Å². The van der Waals surface area contributed by atoms with Gasteiger partial charge in [-0.15, -0.1) is 0 Å². The Morgan fingerprint density at radius 1 is 1.73 bits per heavy atom. The molecular formula is C10H16N4O. The smallest absolute Gasteiger partial charge is 0.272 e. The Hall–Kier alpha value is -1.36. The van der Waals surface area contributed by atoms with E-state index in [4.69, 9.17) is 0 Å². The van der Waals surface area contributed by atoms with Crippen LogP contribution in [0.4, 0.5) is 0 Å². The topological polar surface area (TPSA) is 69.8 Å². The summed E-state index contributed by atoms with van der Waals surface area (Å²) >= 11 is 0. The van der Waals surface area contributed by atoms with E-state index in [-0.39, 0.29) is 11.9 Å². The lowest BCUT2D eigenvalue weighted by Crippen LogP contribution is -2.36. The van der Waals surface area contributed by atoms with E-state index in [9.17, 15) is 4.79 Å². The van der Waals surface area contributed by atoms with Gasteiger partial charge in [0.15, 0.2) is 0 Å². The highest BCUT2D eigenvalue weighted by Crippen LogP contribution is 2.03. The lowest BCUT2D eigenvalue weighted by molar-refractivity contribution is 0.0935. The first-order valence-corrected chi connectivity index (χ1v) is 5.35. The molecule has 0 radical (unpaired) electrons. The number of carbonyl (C=O) groups is 1. The van der Waals surface area contributed by atoms with Crippen LogP contribution in [0.2, 0.25) is 0 Å². The van der Waals surface area contributed by atoms with Crippen molar-refractivity contribution in [1.82, 2.24) is 20.8 Å². The minimum atomic E-state index is -0.0837. The standard InChI is InChI=1S/C10H16N4O/c1-2-7-5-9(14-13-7)10(15)12-8-3-4-11-6-8/h5,8,11H,2-4,6H2,1H3,(H,12,15)(H,13,14). The summed E-state index contributed by atoms with van der Waals surface area (Å²) in [6.07, 6.45) is 1.86. The Kier molecular flexibility index (Phi) is 3.01. The zero-order valence-corrected chi connectivity index (χ0v) is 8.84. The molecule has 2 heterocycles. The number of aromatic nitrogens is 2. The molecule has 0 spiro atoms. The number of amides is 1. The van der Waals surface area contributed by atoms with E-state index in [2.05, 4.69) is 20.8 Å². The Morgan fingerprint density at radius 2 is 2.60 bits per heavy atom. The van der Waals surface area contributed by atoms with Crippen molar-refractivity contribution in [3.63, 3.8) is 0 Å². The SMILES string of the molecule is CCc1cc(C(=O)NC2CCNC2)n[nH]1. The van der Waals surface area contributed by atoms with E-state index in [1.807, 2.05) is 6.92 Å². The zero-order valence-electron chi connectivity index (χ0n) is 8.84. The third-order valence-corrected chi connectivity index (χ3v) is 2.64. The van der Waals surface area contributed by atoms with Crippen LogP contribution in [0.25, 0.3) is 0 Å². The Morgan fingerprint density at radius 3 is 3.20 bits per heavy atom. The van der Waals surface area contributed by atoms with Crippen molar-refractivity contribution < 1.29 is 4.79 Å². The number of rotatable bonds is 3. The van der Waals surface area contributed by atoms with Crippen LogP contribution >= 0.6 is 0 Å². The van der Waals surface area contributed by atoms with E-state index in [1.54, 1.807) is 6.07 Å². The van der Waals surface area contributed by atoms with Gasteiger partial charge in [-0.05, 0) is 25.5 Å². The normalized spacial score (nSPS) is 20.5. The Balaban J connectivity index is 1.94. The lowest BCUT2D eigenvalue weighted by atomic mass is 10.2. The molecule has 2 rings (SSSR count). The Labute approximate surface area is 88.6 Å². The van der Waals surface area contributed by atoms with Crippen molar-refractivity contribution in [3.8, 4) is 0 Å². The zero-order chi connectivity index (χ0) is 10.7. The molecule has 0 aliphatic carbocycles. The summed E-state index contributed by atoms with van der Waals surface area (Å²) < 4.78 is 0. The molecule has 1 saturated heterocycles. The highest BCUT2D eigenvalue weighted by Gasteiger charge is 2.18. The highest BCUT2D eigenvalue weighted by molar-refractivity contribution is 5.92. The average molecular weight is 208 g/mol. The molecule has 1 aliphatic heterocycles. The molecule has 82 valence electrons. The molecule has 1 amide bonds. The first kappa shape index (κ1) is 10.2. The molecule has 0 bridgehead atoms. The van der Waals surface area contributed by atoms with Gasteiger partial charge in [0.05, 0.1) is 0 Å². The number of aryl methyl sites for hydroxylation is 1. The maximum absolute atomic E-state index is 11.7. The van der Waals surface area contributed by atoms with E-state index in [1.165, 1.54) is 0 Å². The second-order valence-electron chi connectivity index (χ2n) is 3.80. The number of nitrogens with one attached hydrogen (secondary N) is 3. The van der Waals surface area contributed by atoms with Crippen molar-refractivity contribution in [2.24, 2.45) is 0 Å². The number of nitrogens with zero attached hydrogens (tertiary/aromatic N) is 1. The molecule has 0 aromatic carbocycles. The van der Waals surface area contributed by atoms with Crippen LogP contribution in [0, 0.1) is 0 Å². The second-order valence-corrected chi connectivity index (χ2v) is 3.80. The van der Waals surface area contributed by atoms with Gasteiger partial charge in [0, 0.05) is 18.3 Å². The van der Waals surface area contributed by atoms with Crippen LogP contribution in [0.5, 0.6) is 0 Å². The molecule has 5 nitrogen and oxygen atoms in total. The number of carbonyl (C=O) groups excluding carboxylic acids is 1. The molecule has 1 atom stereocenters. The molecule has 3 N–H and O–H groups in total. The number of hydrogen-bond acceptors (Lipinski definition) is 3. The van der Waals surface area contributed by atoms with Gasteiger partial charge >= 0.3 is 0 Å². The average Bonchev–Trinajstić information content (AvgIpc) is 2.86. The van der Waals surface area contributed by atoms with Gasteiger partial charge in [0.1, 0.15) is 5.69 Å².